The number of carbonyl (C=O) groups is 1. The lowest BCUT2D eigenvalue weighted by molar-refractivity contribution is -0.121. The van der Waals surface area contributed by atoms with Gasteiger partial charge < -0.3 is 14.8 Å². The summed E-state index contributed by atoms with van der Waals surface area (Å²) < 4.78 is 11.1. The third-order valence-electron chi connectivity index (χ3n) is 4.87. The quantitative estimate of drug-likeness (QED) is 0.714. The van der Waals surface area contributed by atoms with E-state index < -0.39 is 0 Å². The molecular weight excluding hydrogens is 350 g/mol. The van der Waals surface area contributed by atoms with Gasteiger partial charge in [0.1, 0.15) is 13.2 Å². The molecule has 1 amide bonds. The van der Waals surface area contributed by atoms with Crippen molar-refractivity contribution < 1.29 is 14.3 Å². The molecule has 1 N–H and O–H groups in total. The van der Waals surface area contributed by atoms with Crippen molar-refractivity contribution in [1.82, 2.24) is 5.32 Å². The first-order chi connectivity index (χ1) is 13.7. The highest BCUT2D eigenvalue weighted by Gasteiger charge is 2.14. The van der Waals surface area contributed by atoms with Crippen molar-refractivity contribution in [3.63, 3.8) is 0 Å². The number of hydrogen-bond donors (Lipinski definition) is 1. The average molecular weight is 373 g/mol. The Hall–Kier alpha value is -3.27. The number of nitrogens with one attached hydrogen (secondary N) is 1. The molecule has 0 saturated heterocycles. The van der Waals surface area contributed by atoms with Crippen LogP contribution in [0.1, 0.15) is 24.1 Å². The van der Waals surface area contributed by atoms with Gasteiger partial charge in [0.25, 0.3) is 0 Å². The summed E-state index contributed by atoms with van der Waals surface area (Å²) in [5.74, 6) is 1.43. The fourth-order valence-electron chi connectivity index (χ4n) is 3.35. The Morgan fingerprint density at radius 3 is 2.32 bits per heavy atom. The van der Waals surface area contributed by atoms with Crippen LogP contribution in [0.15, 0.2) is 72.8 Å². The van der Waals surface area contributed by atoms with E-state index in [4.69, 9.17) is 9.47 Å². The Labute approximate surface area is 165 Å². The van der Waals surface area contributed by atoms with Gasteiger partial charge in [-0.2, -0.15) is 0 Å². The molecule has 0 saturated carbocycles. The zero-order valence-corrected chi connectivity index (χ0v) is 15.9. The number of benzene rings is 3. The van der Waals surface area contributed by atoms with Gasteiger partial charge in [-0.3, -0.25) is 4.79 Å². The molecular formula is C24H23NO3. The van der Waals surface area contributed by atoms with E-state index in [0.29, 0.717) is 25.4 Å². The Bertz CT molecular complexity index is 951. The molecule has 0 spiro atoms. The van der Waals surface area contributed by atoms with Crippen molar-refractivity contribution in [3.05, 3.63) is 83.9 Å². The number of hydrogen-bond acceptors (Lipinski definition) is 3. The zero-order chi connectivity index (χ0) is 19.3. The zero-order valence-electron chi connectivity index (χ0n) is 15.9. The SMILES string of the molecule is CC(NC(=O)Cc1ccc2c(c1)OCCO2)c1ccc(-c2ccccc2)cc1. The highest BCUT2D eigenvalue weighted by Crippen LogP contribution is 2.31. The predicted octanol–water partition coefficient (Wildman–Crippen LogP) is 4.54. The molecule has 1 atom stereocenters. The lowest BCUT2D eigenvalue weighted by Gasteiger charge is -2.19. The summed E-state index contributed by atoms with van der Waals surface area (Å²) in [6, 6.07) is 24.2. The molecule has 28 heavy (non-hydrogen) atoms. The van der Waals surface area contributed by atoms with Crippen LogP contribution in [0.3, 0.4) is 0 Å². The largest absolute Gasteiger partial charge is 0.486 e. The van der Waals surface area contributed by atoms with E-state index in [1.165, 1.54) is 11.1 Å². The number of carbonyl (C=O) groups excluding carboxylic acids is 1. The molecule has 1 aliphatic heterocycles. The van der Waals surface area contributed by atoms with Crippen LogP contribution in [-0.4, -0.2) is 19.1 Å². The van der Waals surface area contributed by atoms with Gasteiger partial charge in [0.15, 0.2) is 11.5 Å². The van der Waals surface area contributed by atoms with Gasteiger partial charge in [0.05, 0.1) is 12.5 Å². The molecule has 0 radical (unpaired) electrons. The van der Waals surface area contributed by atoms with Crippen molar-refractivity contribution in [2.45, 2.75) is 19.4 Å². The van der Waals surface area contributed by atoms with E-state index in [-0.39, 0.29) is 11.9 Å². The highest BCUT2D eigenvalue weighted by atomic mass is 16.6. The Balaban J connectivity index is 1.38. The molecule has 3 aromatic rings. The molecule has 0 aliphatic carbocycles. The van der Waals surface area contributed by atoms with E-state index in [1.54, 1.807) is 0 Å². The van der Waals surface area contributed by atoms with Crippen molar-refractivity contribution >= 4 is 5.91 Å². The average Bonchev–Trinajstić information content (AvgIpc) is 2.74. The summed E-state index contributed by atoms with van der Waals surface area (Å²) >= 11 is 0. The maximum Gasteiger partial charge on any atom is 0.224 e. The Morgan fingerprint density at radius 1 is 0.893 bits per heavy atom. The van der Waals surface area contributed by atoms with Crippen LogP contribution in [0.4, 0.5) is 0 Å². The predicted molar refractivity (Wildman–Crippen MR) is 110 cm³/mol. The third kappa shape index (κ3) is 4.17. The van der Waals surface area contributed by atoms with E-state index in [0.717, 1.165) is 16.9 Å². The van der Waals surface area contributed by atoms with Crippen molar-refractivity contribution in [3.8, 4) is 22.6 Å². The van der Waals surface area contributed by atoms with Crippen LogP contribution >= 0.6 is 0 Å². The number of ether oxygens (including phenoxy) is 2. The normalized spacial score (nSPS) is 13.6. The topological polar surface area (TPSA) is 47.6 Å². The first kappa shape index (κ1) is 18.1. The van der Waals surface area contributed by atoms with Gasteiger partial charge >= 0.3 is 0 Å². The Kier molecular flexibility index (Phi) is 5.29. The van der Waals surface area contributed by atoms with Gasteiger partial charge in [-0.15, -0.1) is 0 Å². The molecule has 1 unspecified atom stereocenters. The van der Waals surface area contributed by atoms with E-state index >= 15 is 0 Å². The van der Waals surface area contributed by atoms with E-state index in [1.807, 2.05) is 43.3 Å². The second-order valence-corrected chi connectivity index (χ2v) is 6.93. The highest BCUT2D eigenvalue weighted by molar-refractivity contribution is 5.79. The molecule has 1 aliphatic rings. The second-order valence-electron chi connectivity index (χ2n) is 6.93. The van der Waals surface area contributed by atoms with Crippen molar-refractivity contribution in [2.75, 3.05) is 13.2 Å². The van der Waals surface area contributed by atoms with Crippen LogP contribution in [0.5, 0.6) is 11.5 Å². The number of rotatable bonds is 5. The first-order valence-corrected chi connectivity index (χ1v) is 9.52. The summed E-state index contributed by atoms with van der Waals surface area (Å²) in [4.78, 5) is 12.5. The molecule has 3 aromatic carbocycles. The first-order valence-electron chi connectivity index (χ1n) is 9.52. The fraction of sp³-hybridized carbons (Fsp3) is 0.208. The molecule has 4 nitrogen and oxygen atoms in total. The van der Waals surface area contributed by atoms with Crippen LogP contribution < -0.4 is 14.8 Å². The summed E-state index contributed by atoms with van der Waals surface area (Å²) in [5, 5.41) is 3.07. The molecule has 142 valence electrons. The van der Waals surface area contributed by atoms with Gasteiger partial charge in [-0.1, -0.05) is 60.7 Å². The summed E-state index contributed by atoms with van der Waals surface area (Å²) in [6.45, 7) is 3.10. The minimum atomic E-state index is -0.0606. The summed E-state index contributed by atoms with van der Waals surface area (Å²) in [5.41, 5.74) is 4.34. The van der Waals surface area contributed by atoms with Crippen LogP contribution in [0.25, 0.3) is 11.1 Å². The van der Waals surface area contributed by atoms with E-state index in [2.05, 4.69) is 41.7 Å². The van der Waals surface area contributed by atoms with Gasteiger partial charge in [-0.05, 0) is 41.3 Å². The number of amides is 1. The lowest BCUT2D eigenvalue weighted by Crippen LogP contribution is -2.28. The van der Waals surface area contributed by atoms with Crippen LogP contribution in [0, 0.1) is 0 Å². The molecule has 0 fully saturated rings. The van der Waals surface area contributed by atoms with E-state index in [9.17, 15) is 4.79 Å². The summed E-state index contributed by atoms with van der Waals surface area (Å²) in [6.07, 6.45) is 0.309. The minimum absolute atomic E-state index is 0.0173. The second kappa shape index (κ2) is 8.17. The summed E-state index contributed by atoms with van der Waals surface area (Å²) in [7, 11) is 0. The molecule has 0 aromatic heterocycles. The van der Waals surface area contributed by atoms with Crippen molar-refractivity contribution in [1.29, 1.82) is 0 Å². The number of fused-ring (bicyclic) bond motifs is 1. The standard InChI is InChI=1S/C24H23NO3/c1-17(19-8-10-21(11-9-19)20-5-3-2-4-6-20)25-24(26)16-18-7-12-22-23(15-18)28-14-13-27-22/h2-12,15,17H,13-14,16H2,1H3,(H,25,26). The van der Waals surface area contributed by atoms with Crippen LogP contribution in [-0.2, 0) is 11.2 Å². The minimum Gasteiger partial charge on any atom is -0.486 e. The van der Waals surface area contributed by atoms with Crippen molar-refractivity contribution in [2.24, 2.45) is 0 Å². The van der Waals surface area contributed by atoms with Gasteiger partial charge in [-0.25, -0.2) is 0 Å². The maximum atomic E-state index is 12.5. The molecule has 4 heteroatoms. The molecule has 1 heterocycles. The smallest absolute Gasteiger partial charge is 0.224 e. The Morgan fingerprint density at radius 2 is 1.57 bits per heavy atom. The van der Waals surface area contributed by atoms with Gasteiger partial charge in [0.2, 0.25) is 5.91 Å². The third-order valence-corrected chi connectivity index (χ3v) is 4.87. The van der Waals surface area contributed by atoms with Crippen LogP contribution in [0.2, 0.25) is 0 Å². The maximum absolute atomic E-state index is 12.5. The fourth-order valence-corrected chi connectivity index (χ4v) is 3.35. The molecule has 4 rings (SSSR count). The monoisotopic (exact) mass is 373 g/mol. The molecule has 0 bridgehead atoms. The lowest BCUT2D eigenvalue weighted by atomic mass is 10.0. The van der Waals surface area contributed by atoms with Gasteiger partial charge in [0, 0.05) is 0 Å².